The molecule has 0 aliphatic heterocycles. The topological polar surface area (TPSA) is 42.2 Å². The van der Waals surface area contributed by atoms with Crippen molar-refractivity contribution in [1.29, 1.82) is 5.26 Å². The summed E-state index contributed by atoms with van der Waals surface area (Å²) in [5, 5.41) is 8.54. The van der Waals surface area contributed by atoms with Crippen LogP contribution in [0, 0.1) is 17.1 Å². The fraction of sp³-hybridized carbons (Fsp3) is 0.562. The van der Waals surface area contributed by atoms with Crippen molar-refractivity contribution in [3.63, 3.8) is 0 Å². The third-order valence-electron chi connectivity index (χ3n) is 2.77. The molecule has 0 aliphatic carbocycles. The largest absolute Gasteiger partial charge is 0.490 e. The zero-order valence-corrected chi connectivity index (χ0v) is 12.2. The Morgan fingerprint density at radius 2 is 1.70 bits per heavy atom. The lowest BCUT2D eigenvalue weighted by Gasteiger charge is -2.14. The van der Waals surface area contributed by atoms with Crippen molar-refractivity contribution < 1.29 is 13.9 Å². The van der Waals surface area contributed by atoms with E-state index in [1.807, 2.05) is 13.8 Å². The molecule has 20 heavy (non-hydrogen) atoms. The first-order chi connectivity index (χ1) is 9.72. The van der Waals surface area contributed by atoms with Crippen molar-refractivity contribution in [2.75, 3.05) is 13.2 Å². The summed E-state index contributed by atoms with van der Waals surface area (Å²) in [4.78, 5) is 0. The summed E-state index contributed by atoms with van der Waals surface area (Å²) in [7, 11) is 0. The molecule has 0 aromatic heterocycles. The minimum Gasteiger partial charge on any atom is -0.490 e. The molecule has 0 heterocycles. The highest BCUT2D eigenvalue weighted by Crippen LogP contribution is 2.31. The van der Waals surface area contributed by atoms with E-state index in [-0.39, 0.29) is 5.82 Å². The fourth-order valence-electron chi connectivity index (χ4n) is 1.78. The van der Waals surface area contributed by atoms with Crippen molar-refractivity contribution in [1.82, 2.24) is 0 Å². The van der Waals surface area contributed by atoms with Gasteiger partial charge in [0.1, 0.15) is 5.82 Å². The average molecular weight is 279 g/mol. The Balaban J connectivity index is 2.88. The summed E-state index contributed by atoms with van der Waals surface area (Å²) in [6, 6.07) is 5.16. The van der Waals surface area contributed by atoms with Crippen LogP contribution in [0.5, 0.6) is 11.5 Å². The van der Waals surface area contributed by atoms with Gasteiger partial charge < -0.3 is 9.47 Å². The van der Waals surface area contributed by atoms with E-state index in [4.69, 9.17) is 14.7 Å². The molecule has 4 heteroatoms. The van der Waals surface area contributed by atoms with Gasteiger partial charge in [0.15, 0.2) is 11.5 Å². The zero-order valence-electron chi connectivity index (χ0n) is 12.2. The fourth-order valence-corrected chi connectivity index (χ4v) is 1.78. The SMILES string of the molecule is CCCOc1cc(F)c(CCCC#N)cc1OCCC. The van der Waals surface area contributed by atoms with Gasteiger partial charge in [0, 0.05) is 12.5 Å². The molecule has 1 aromatic carbocycles. The first-order valence-corrected chi connectivity index (χ1v) is 7.17. The lowest BCUT2D eigenvalue weighted by Crippen LogP contribution is -2.03. The summed E-state index contributed by atoms with van der Waals surface area (Å²) < 4.78 is 25.1. The van der Waals surface area contributed by atoms with Gasteiger partial charge in [-0.2, -0.15) is 5.26 Å². The van der Waals surface area contributed by atoms with Crippen LogP contribution in [0.25, 0.3) is 0 Å². The smallest absolute Gasteiger partial charge is 0.164 e. The van der Waals surface area contributed by atoms with Crippen molar-refractivity contribution in [2.24, 2.45) is 0 Å². The minimum absolute atomic E-state index is 0.294. The standard InChI is InChI=1S/C16H22FNO2/c1-3-9-19-15-11-13(7-5-6-8-18)14(17)12-16(15)20-10-4-2/h11-12H,3-7,9-10H2,1-2H3. The van der Waals surface area contributed by atoms with E-state index >= 15 is 0 Å². The Morgan fingerprint density at radius 3 is 2.25 bits per heavy atom. The number of hydrogen-bond donors (Lipinski definition) is 0. The molecule has 0 amide bonds. The molecule has 3 nitrogen and oxygen atoms in total. The Hall–Kier alpha value is -1.76. The van der Waals surface area contributed by atoms with Gasteiger partial charge >= 0.3 is 0 Å². The van der Waals surface area contributed by atoms with Gasteiger partial charge in [0.05, 0.1) is 19.3 Å². The third kappa shape index (κ3) is 5.08. The van der Waals surface area contributed by atoms with E-state index in [2.05, 4.69) is 6.07 Å². The molecule has 0 atom stereocenters. The number of rotatable bonds is 9. The Labute approximate surface area is 120 Å². The second-order valence-corrected chi connectivity index (χ2v) is 4.60. The van der Waals surface area contributed by atoms with E-state index in [1.54, 1.807) is 6.07 Å². The van der Waals surface area contributed by atoms with Gasteiger partial charge in [0.25, 0.3) is 0 Å². The summed E-state index contributed by atoms with van der Waals surface area (Å²) >= 11 is 0. The highest BCUT2D eigenvalue weighted by atomic mass is 19.1. The highest BCUT2D eigenvalue weighted by Gasteiger charge is 2.12. The maximum atomic E-state index is 14.0. The van der Waals surface area contributed by atoms with Gasteiger partial charge in [0.2, 0.25) is 0 Å². The minimum atomic E-state index is -0.294. The summed E-state index contributed by atoms with van der Waals surface area (Å²) in [5.41, 5.74) is 0.579. The highest BCUT2D eigenvalue weighted by molar-refractivity contribution is 5.44. The number of nitrogens with zero attached hydrogens (tertiary/aromatic N) is 1. The van der Waals surface area contributed by atoms with Crippen LogP contribution in [0.1, 0.15) is 45.1 Å². The monoisotopic (exact) mass is 279 g/mol. The molecule has 0 unspecified atom stereocenters. The van der Waals surface area contributed by atoms with Crippen LogP contribution in [0.4, 0.5) is 4.39 Å². The molecular formula is C16H22FNO2. The predicted molar refractivity (Wildman–Crippen MR) is 76.5 cm³/mol. The summed E-state index contributed by atoms with van der Waals surface area (Å²) in [6.45, 7) is 5.13. The molecule has 1 aromatic rings. The third-order valence-corrected chi connectivity index (χ3v) is 2.77. The van der Waals surface area contributed by atoms with Crippen LogP contribution in [0.15, 0.2) is 12.1 Å². The van der Waals surface area contributed by atoms with E-state index < -0.39 is 0 Å². The lowest BCUT2D eigenvalue weighted by atomic mass is 10.1. The molecule has 0 saturated carbocycles. The quantitative estimate of drug-likeness (QED) is 0.635. The maximum Gasteiger partial charge on any atom is 0.164 e. The normalized spacial score (nSPS) is 10.1. The molecule has 1 rings (SSSR count). The lowest BCUT2D eigenvalue weighted by molar-refractivity contribution is 0.266. The van der Waals surface area contributed by atoms with Gasteiger partial charge in [-0.1, -0.05) is 13.8 Å². The van der Waals surface area contributed by atoms with Crippen LogP contribution < -0.4 is 9.47 Å². The van der Waals surface area contributed by atoms with Crippen molar-refractivity contribution in [3.05, 3.63) is 23.5 Å². The van der Waals surface area contributed by atoms with Gasteiger partial charge in [-0.15, -0.1) is 0 Å². The zero-order chi connectivity index (χ0) is 14.8. The van der Waals surface area contributed by atoms with Crippen LogP contribution in [-0.2, 0) is 6.42 Å². The van der Waals surface area contributed by atoms with Crippen molar-refractivity contribution in [3.8, 4) is 17.6 Å². The Morgan fingerprint density at radius 1 is 1.10 bits per heavy atom. The number of unbranched alkanes of at least 4 members (excludes halogenated alkanes) is 1. The number of ether oxygens (including phenoxy) is 2. The van der Waals surface area contributed by atoms with Crippen molar-refractivity contribution in [2.45, 2.75) is 46.0 Å². The predicted octanol–water partition coefficient (Wildman–Crippen LogP) is 4.25. The second-order valence-electron chi connectivity index (χ2n) is 4.60. The molecular weight excluding hydrogens is 257 g/mol. The van der Waals surface area contributed by atoms with E-state index in [0.29, 0.717) is 49.5 Å². The molecule has 0 saturated heterocycles. The number of nitriles is 1. The number of halogens is 1. The van der Waals surface area contributed by atoms with Crippen LogP contribution in [-0.4, -0.2) is 13.2 Å². The number of benzene rings is 1. The van der Waals surface area contributed by atoms with Gasteiger partial charge in [-0.05, 0) is 37.3 Å². The summed E-state index contributed by atoms with van der Waals surface area (Å²) in [5.74, 6) is 0.758. The Bertz CT molecular complexity index is 455. The number of hydrogen-bond acceptors (Lipinski definition) is 3. The van der Waals surface area contributed by atoms with Gasteiger partial charge in [-0.3, -0.25) is 0 Å². The molecule has 0 N–H and O–H groups in total. The van der Waals surface area contributed by atoms with Crippen molar-refractivity contribution >= 4 is 0 Å². The maximum absolute atomic E-state index is 14.0. The Kier molecular flexibility index (Phi) is 7.49. The van der Waals surface area contributed by atoms with E-state index in [1.165, 1.54) is 6.07 Å². The molecule has 0 fully saturated rings. The second kappa shape index (κ2) is 9.19. The summed E-state index contributed by atoms with van der Waals surface area (Å²) in [6.07, 6.45) is 3.36. The molecule has 0 bridgehead atoms. The molecule has 0 aliphatic rings. The molecule has 0 spiro atoms. The van der Waals surface area contributed by atoms with E-state index in [9.17, 15) is 4.39 Å². The first kappa shape index (κ1) is 16.3. The van der Waals surface area contributed by atoms with Crippen LogP contribution >= 0.6 is 0 Å². The van der Waals surface area contributed by atoms with Crippen LogP contribution in [0.3, 0.4) is 0 Å². The first-order valence-electron chi connectivity index (χ1n) is 7.17. The van der Waals surface area contributed by atoms with E-state index in [0.717, 1.165) is 12.8 Å². The number of aryl methyl sites for hydroxylation is 1. The molecule has 110 valence electrons. The molecule has 0 radical (unpaired) electrons. The van der Waals surface area contributed by atoms with Gasteiger partial charge in [-0.25, -0.2) is 4.39 Å². The van der Waals surface area contributed by atoms with Crippen LogP contribution in [0.2, 0.25) is 0 Å². The average Bonchev–Trinajstić information content (AvgIpc) is 2.45.